The van der Waals surface area contributed by atoms with Gasteiger partial charge in [0.15, 0.2) is 0 Å². The summed E-state index contributed by atoms with van der Waals surface area (Å²) in [5.41, 5.74) is 3.53. The van der Waals surface area contributed by atoms with Gasteiger partial charge in [0.1, 0.15) is 12.3 Å². The maximum Gasteiger partial charge on any atom is 0.244 e. The van der Waals surface area contributed by atoms with Crippen LogP contribution in [0.25, 0.3) is 0 Å². The van der Waals surface area contributed by atoms with Crippen LogP contribution in [-0.2, 0) is 22.4 Å². The zero-order valence-corrected chi connectivity index (χ0v) is 16.9. The Morgan fingerprint density at radius 3 is 2.22 bits per heavy atom. The smallest absolute Gasteiger partial charge is 0.244 e. The molecule has 0 atom stereocenters. The van der Waals surface area contributed by atoms with Crippen LogP contribution in [0.5, 0.6) is 5.75 Å². The zero-order valence-electron chi connectivity index (χ0n) is 16.1. The van der Waals surface area contributed by atoms with Crippen molar-refractivity contribution in [1.82, 2.24) is 0 Å². The second-order valence-corrected chi connectivity index (χ2v) is 6.54. The number of anilines is 2. The highest BCUT2D eigenvalue weighted by atomic mass is 35.5. The third kappa shape index (κ3) is 5.01. The fourth-order valence-corrected chi connectivity index (χ4v) is 3.19. The van der Waals surface area contributed by atoms with E-state index in [4.69, 9.17) is 16.3 Å². The maximum absolute atomic E-state index is 12.7. The molecule has 0 fully saturated rings. The van der Waals surface area contributed by atoms with Crippen molar-refractivity contribution >= 4 is 34.8 Å². The Morgan fingerprint density at radius 1 is 1.11 bits per heavy atom. The van der Waals surface area contributed by atoms with Crippen molar-refractivity contribution in [2.75, 3.05) is 23.9 Å². The Morgan fingerprint density at radius 2 is 1.74 bits per heavy atom. The number of aryl methyl sites for hydroxylation is 2. The SMILES string of the molecule is CCc1cccc(CC)c1NC(=O)CN(C(C)=O)c1ccc(OC)c(Cl)c1. The number of carbonyl (C=O) groups excluding carboxylic acids is 2. The number of carbonyl (C=O) groups is 2. The van der Waals surface area contributed by atoms with E-state index in [2.05, 4.69) is 5.32 Å². The van der Waals surface area contributed by atoms with Gasteiger partial charge in [0, 0.05) is 18.3 Å². The summed E-state index contributed by atoms with van der Waals surface area (Å²) in [4.78, 5) is 26.2. The first kappa shape index (κ1) is 20.8. The molecule has 0 aliphatic rings. The zero-order chi connectivity index (χ0) is 20.0. The summed E-state index contributed by atoms with van der Waals surface area (Å²) < 4.78 is 5.14. The third-order valence-electron chi connectivity index (χ3n) is 4.39. The molecule has 0 saturated heterocycles. The highest BCUT2D eigenvalue weighted by Gasteiger charge is 2.18. The number of ether oxygens (including phenoxy) is 1. The highest BCUT2D eigenvalue weighted by Crippen LogP contribution is 2.29. The van der Waals surface area contributed by atoms with Crippen LogP contribution in [0.2, 0.25) is 5.02 Å². The normalized spacial score (nSPS) is 10.4. The van der Waals surface area contributed by atoms with Crippen LogP contribution >= 0.6 is 11.6 Å². The molecule has 0 aliphatic carbocycles. The van der Waals surface area contributed by atoms with Gasteiger partial charge in [-0.25, -0.2) is 0 Å². The van der Waals surface area contributed by atoms with Crippen LogP contribution in [0.3, 0.4) is 0 Å². The molecule has 0 spiro atoms. The van der Waals surface area contributed by atoms with E-state index in [1.807, 2.05) is 32.0 Å². The summed E-state index contributed by atoms with van der Waals surface area (Å²) in [5, 5.41) is 3.36. The van der Waals surface area contributed by atoms with Crippen LogP contribution < -0.4 is 15.0 Å². The minimum atomic E-state index is -0.257. The lowest BCUT2D eigenvalue weighted by Gasteiger charge is -2.22. The highest BCUT2D eigenvalue weighted by molar-refractivity contribution is 6.32. The molecule has 0 bridgehead atoms. The molecule has 0 heterocycles. The average molecular weight is 389 g/mol. The van der Waals surface area contributed by atoms with Gasteiger partial charge < -0.3 is 15.0 Å². The average Bonchev–Trinajstić information content (AvgIpc) is 2.65. The number of amides is 2. The van der Waals surface area contributed by atoms with Crippen molar-refractivity contribution in [3.05, 3.63) is 52.5 Å². The van der Waals surface area contributed by atoms with E-state index in [-0.39, 0.29) is 18.4 Å². The van der Waals surface area contributed by atoms with E-state index >= 15 is 0 Å². The second kappa shape index (κ2) is 9.42. The van der Waals surface area contributed by atoms with E-state index in [9.17, 15) is 9.59 Å². The monoisotopic (exact) mass is 388 g/mol. The molecular weight excluding hydrogens is 364 g/mol. The molecule has 2 aromatic carbocycles. The molecule has 6 heteroatoms. The summed E-state index contributed by atoms with van der Waals surface area (Å²) in [7, 11) is 1.52. The molecule has 0 aromatic heterocycles. The van der Waals surface area contributed by atoms with Gasteiger partial charge in [-0.1, -0.05) is 43.6 Å². The Balaban J connectivity index is 2.24. The summed E-state index contributed by atoms with van der Waals surface area (Å²) >= 11 is 6.16. The molecule has 0 aliphatic heterocycles. The van der Waals surface area contributed by atoms with Crippen LogP contribution in [0.15, 0.2) is 36.4 Å². The first-order valence-corrected chi connectivity index (χ1v) is 9.31. The number of rotatable bonds is 7. The van der Waals surface area contributed by atoms with Gasteiger partial charge in [-0.15, -0.1) is 0 Å². The topological polar surface area (TPSA) is 58.6 Å². The molecule has 144 valence electrons. The molecule has 2 amide bonds. The minimum Gasteiger partial charge on any atom is -0.495 e. The summed E-state index contributed by atoms with van der Waals surface area (Å²) in [6, 6.07) is 11.0. The van der Waals surface area contributed by atoms with Crippen molar-refractivity contribution in [2.24, 2.45) is 0 Å². The van der Waals surface area contributed by atoms with Gasteiger partial charge in [0.2, 0.25) is 11.8 Å². The first-order chi connectivity index (χ1) is 12.9. The Hall–Kier alpha value is -2.53. The Labute approximate surface area is 165 Å². The summed E-state index contributed by atoms with van der Waals surface area (Å²) in [6.07, 6.45) is 1.63. The molecule has 0 saturated carbocycles. The van der Waals surface area contributed by atoms with E-state index in [0.717, 1.165) is 29.7 Å². The predicted molar refractivity (Wildman–Crippen MR) is 110 cm³/mol. The second-order valence-electron chi connectivity index (χ2n) is 6.13. The fraction of sp³-hybridized carbons (Fsp3) is 0.333. The van der Waals surface area contributed by atoms with Gasteiger partial charge in [-0.3, -0.25) is 9.59 Å². The van der Waals surface area contributed by atoms with E-state index in [1.54, 1.807) is 18.2 Å². The fourth-order valence-electron chi connectivity index (χ4n) is 2.93. The molecule has 0 unspecified atom stereocenters. The van der Waals surface area contributed by atoms with Gasteiger partial charge in [-0.2, -0.15) is 0 Å². The molecule has 0 radical (unpaired) electrons. The van der Waals surface area contributed by atoms with Crippen molar-refractivity contribution in [3.63, 3.8) is 0 Å². The third-order valence-corrected chi connectivity index (χ3v) is 4.69. The molecule has 27 heavy (non-hydrogen) atoms. The van der Waals surface area contributed by atoms with Crippen molar-refractivity contribution in [2.45, 2.75) is 33.6 Å². The number of nitrogens with zero attached hydrogens (tertiary/aromatic N) is 1. The predicted octanol–water partition coefficient (Wildman–Crippen LogP) is 4.47. The Kier molecular flexibility index (Phi) is 7.25. The number of methoxy groups -OCH3 is 1. The number of nitrogens with one attached hydrogen (secondary N) is 1. The van der Waals surface area contributed by atoms with Gasteiger partial charge >= 0.3 is 0 Å². The lowest BCUT2D eigenvalue weighted by atomic mass is 10.0. The van der Waals surface area contributed by atoms with Crippen molar-refractivity contribution in [1.29, 1.82) is 0 Å². The van der Waals surface area contributed by atoms with Gasteiger partial charge in [-0.05, 0) is 42.2 Å². The van der Waals surface area contributed by atoms with E-state index < -0.39 is 0 Å². The molecular formula is C21H25ClN2O3. The molecule has 2 aromatic rings. The molecule has 2 rings (SSSR count). The summed E-state index contributed by atoms with van der Waals surface area (Å²) in [5.74, 6) is 0.0106. The largest absolute Gasteiger partial charge is 0.495 e. The van der Waals surface area contributed by atoms with Crippen LogP contribution in [0, 0.1) is 0 Å². The maximum atomic E-state index is 12.7. The molecule has 1 N–H and O–H groups in total. The van der Waals surface area contributed by atoms with E-state index in [1.165, 1.54) is 18.9 Å². The van der Waals surface area contributed by atoms with Gasteiger partial charge in [0.05, 0.1) is 12.1 Å². The van der Waals surface area contributed by atoms with Gasteiger partial charge in [0.25, 0.3) is 0 Å². The van der Waals surface area contributed by atoms with Crippen LogP contribution in [0.1, 0.15) is 31.9 Å². The summed E-state index contributed by atoms with van der Waals surface area (Å²) in [6.45, 7) is 5.42. The Bertz CT molecular complexity index is 814. The standard InChI is InChI=1S/C21H25ClN2O3/c1-5-15-8-7-9-16(6-2)21(15)23-20(26)13-24(14(3)25)17-10-11-19(27-4)18(22)12-17/h7-12H,5-6,13H2,1-4H3,(H,23,26). The minimum absolute atomic E-state index is 0.0980. The number of halogens is 1. The number of hydrogen-bond acceptors (Lipinski definition) is 3. The number of hydrogen-bond donors (Lipinski definition) is 1. The number of benzene rings is 2. The molecule has 5 nitrogen and oxygen atoms in total. The number of para-hydroxylation sites is 1. The quantitative estimate of drug-likeness (QED) is 0.761. The first-order valence-electron chi connectivity index (χ1n) is 8.93. The lowest BCUT2D eigenvalue weighted by molar-refractivity contribution is -0.120. The van der Waals surface area contributed by atoms with Crippen LogP contribution in [-0.4, -0.2) is 25.5 Å². The van der Waals surface area contributed by atoms with Crippen molar-refractivity contribution < 1.29 is 14.3 Å². The van der Waals surface area contributed by atoms with E-state index in [0.29, 0.717) is 16.5 Å². The van der Waals surface area contributed by atoms with Crippen LogP contribution in [0.4, 0.5) is 11.4 Å². The van der Waals surface area contributed by atoms with Crippen molar-refractivity contribution in [3.8, 4) is 5.75 Å². The lowest BCUT2D eigenvalue weighted by Crippen LogP contribution is -2.37.